The van der Waals surface area contributed by atoms with Crippen LogP contribution < -0.4 is 0 Å². The third-order valence-electron chi connectivity index (χ3n) is 5.96. The Bertz CT molecular complexity index is 787. The van der Waals surface area contributed by atoms with Gasteiger partial charge in [0.1, 0.15) is 12.2 Å². The number of ether oxygens (including phenoxy) is 2. The first-order chi connectivity index (χ1) is 15.2. The number of nitrogens with zero attached hydrogens (tertiary/aromatic N) is 2. The van der Waals surface area contributed by atoms with Gasteiger partial charge in [-0.05, 0) is 17.5 Å². The highest BCUT2D eigenvalue weighted by Gasteiger charge is 2.27. The number of carbonyl (C=O) groups is 2. The van der Waals surface area contributed by atoms with Crippen molar-refractivity contribution in [3.05, 3.63) is 71.8 Å². The van der Waals surface area contributed by atoms with E-state index >= 15 is 0 Å². The average molecular weight is 423 g/mol. The Labute approximate surface area is 183 Å². The Hall–Kier alpha value is -2.70. The van der Waals surface area contributed by atoms with Gasteiger partial charge in [0.15, 0.2) is 0 Å². The van der Waals surface area contributed by atoms with Crippen LogP contribution in [0.1, 0.15) is 42.6 Å². The zero-order chi connectivity index (χ0) is 21.5. The van der Waals surface area contributed by atoms with E-state index in [4.69, 9.17) is 9.47 Å². The molecule has 0 unspecified atom stereocenters. The molecule has 2 amide bonds. The van der Waals surface area contributed by atoms with Crippen LogP contribution in [0.3, 0.4) is 0 Å². The largest absolute Gasteiger partial charge is 0.370 e. The quantitative estimate of drug-likeness (QED) is 0.716. The van der Waals surface area contributed by atoms with E-state index in [1.165, 1.54) is 0 Å². The molecule has 6 heteroatoms. The molecule has 2 heterocycles. The topological polar surface area (TPSA) is 59.1 Å². The maximum atomic E-state index is 12.7. The molecule has 0 aromatic heterocycles. The highest BCUT2D eigenvalue weighted by Crippen LogP contribution is 2.24. The monoisotopic (exact) mass is 422 g/mol. The number of benzene rings is 2. The molecule has 0 radical (unpaired) electrons. The summed E-state index contributed by atoms with van der Waals surface area (Å²) < 4.78 is 11.7. The lowest BCUT2D eigenvalue weighted by molar-refractivity contribution is -0.140. The first-order valence-electron chi connectivity index (χ1n) is 11.1. The lowest BCUT2D eigenvalue weighted by Crippen LogP contribution is -2.43. The third kappa shape index (κ3) is 5.71. The molecule has 0 saturated carbocycles. The molecular formula is C25H30N2O4. The zero-order valence-corrected chi connectivity index (χ0v) is 17.8. The van der Waals surface area contributed by atoms with Crippen LogP contribution >= 0.6 is 0 Å². The highest BCUT2D eigenvalue weighted by atomic mass is 16.5. The summed E-state index contributed by atoms with van der Waals surface area (Å²) in [6.07, 6.45) is 1.19. The molecule has 0 spiro atoms. The second-order valence-electron chi connectivity index (χ2n) is 8.07. The molecule has 0 aliphatic carbocycles. The number of hydrogen-bond acceptors (Lipinski definition) is 4. The van der Waals surface area contributed by atoms with Crippen LogP contribution in [-0.4, -0.2) is 61.0 Å². The predicted octanol–water partition coefficient (Wildman–Crippen LogP) is 3.36. The molecule has 2 fully saturated rings. The van der Waals surface area contributed by atoms with Crippen molar-refractivity contribution < 1.29 is 19.1 Å². The van der Waals surface area contributed by atoms with Crippen molar-refractivity contribution >= 4 is 11.8 Å². The maximum absolute atomic E-state index is 12.7. The van der Waals surface area contributed by atoms with Gasteiger partial charge in [-0.1, -0.05) is 60.7 Å². The van der Waals surface area contributed by atoms with Crippen molar-refractivity contribution in [2.75, 3.05) is 39.4 Å². The molecule has 164 valence electrons. The fourth-order valence-corrected chi connectivity index (χ4v) is 4.20. The van der Waals surface area contributed by atoms with Crippen molar-refractivity contribution in [2.24, 2.45) is 0 Å². The van der Waals surface area contributed by atoms with Gasteiger partial charge in [-0.2, -0.15) is 0 Å². The van der Waals surface area contributed by atoms with Gasteiger partial charge < -0.3 is 19.3 Å². The van der Waals surface area contributed by atoms with Crippen molar-refractivity contribution in [2.45, 2.75) is 31.5 Å². The van der Waals surface area contributed by atoms with E-state index in [2.05, 4.69) is 0 Å². The maximum Gasteiger partial charge on any atom is 0.222 e. The van der Waals surface area contributed by atoms with Crippen molar-refractivity contribution in [3.8, 4) is 0 Å². The van der Waals surface area contributed by atoms with Crippen molar-refractivity contribution in [3.63, 3.8) is 0 Å². The van der Waals surface area contributed by atoms with E-state index < -0.39 is 0 Å². The summed E-state index contributed by atoms with van der Waals surface area (Å²) in [5.41, 5.74) is 2.19. The minimum Gasteiger partial charge on any atom is -0.370 e. The van der Waals surface area contributed by atoms with E-state index in [1.807, 2.05) is 70.5 Å². The summed E-state index contributed by atoms with van der Waals surface area (Å²) >= 11 is 0. The van der Waals surface area contributed by atoms with Crippen LogP contribution in [0.2, 0.25) is 0 Å². The van der Waals surface area contributed by atoms with Gasteiger partial charge in [-0.15, -0.1) is 0 Å². The van der Waals surface area contributed by atoms with Crippen LogP contribution in [0.15, 0.2) is 60.7 Å². The molecule has 0 bridgehead atoms. The highest BCUT2D eigenvalue weighted by molar-refractivity contribution is 5.79. The molecule has 4 rings (SSSR count). The number of carbonyl (C=O) groups excluding carboxylic acids is 2. The lowest BCUT2D eigenvalue weighted by atomic mass is 10.1. The minimum absolute atomic E-state index is 0.0798. The third-order valence-corrected chi connectivity index (χ3v) is 5.96. The molecule has 2 aromatic carbocycles. The average Bonchev–Trinajstić information content (AvgIpc) is 2.85. The summed E-state index contributed by atoms with van der Waals surface area (Å²) in [7, 11) is 0. The molecule has 6 nitrogen and oxygen atoms in total. The van der Waals surface area contributed by atoms with Crippen LogP contribution in [0.4, 0.5) is 0 Å². The van der Waals surface area contributed by atoms with Crippen molar-refractivity contribution in [1.82, 2.24) is 9.80 Å². The SMILES string of the molecule is O=C(CCCC(=O)N1CCO[C@@H](c2ccccc2)C1)N1CCO[C@H](c2ccccc2)C1. The molecule has 2 aliphatic rings. The molecule has 31 heavy (non-hydrogen) atoms. The lowest BCUT2D eigenvalue weighted by Gasteiger charge is -2.34. The van der Waals surface area contributed by atoms with Crippen LogP contribution in [0, 0.1) is 0 Å². The number of amides is 2. The molecule has 0 N–H and O–H groups in total. The van der Waals surface area contributed by atoms with Gasteiger partial charge in [0.05, 0.1) is 26.3 Å². The summed E-state index contributed by atoms with van der Waals surface area (Å²) in [5, 5.41) is 0. The summed E-state index contributed by atoms with van der Waals surface area (Å²) in [4.78, 5) is 29.1. The number of rotatable bonds is 6. The fourth-order valence-electron chi connectivity index (χ4n) is 4.20. The van der Waals surface area contributed by atoms with Crippen molar-refractivity contribution in [1.29, 1.82) is 0 Å². The van der Waals surface area contributed by atoms with Gasteiger partial charge in [-0.3, -0.25) is 9.59 Å². The normalized spacial score (nSPS) is 21.7. The first kappa shape index (κ1) is 21.5. The molecule has 2 aliphatic heterocycles. The number of hydrogen-bond donors (Lipinski definition) is 0. The van der Waals surface area contributed by atoms with Crippen LogP contribution in [-0.2, 0) is 19.1 Å². The summed E-state index contributed by atoms with van der Waals surface area (Å²) in [5.74, 6) is 0.197. The number of morpholine rings is 2. The second-order valence-corrected chi connectivity index (χ2v) is 8.07. The van der Waals surface area contributed by atoms with Gasteiger partial charge in [0, 0.05) is 25.9 Å². The summed E-state index contributed by atoms with van der Waals surface area (Å²) in [6, 6.07) is 20.0. The van der Waals surface area contributed by atoms with E-state index in [0.29, 0.717) is 58.7 Å². The zero-order valence-electron chi connectivity index (χ0n) is 17.8. The van der Waals surface area contributed by atoms with E-state index in [-0.39, 0.29) is 24.0 Å². The smallest absolute Gasteiger partial charge is 0.222 e. The minimum atomic E-state index is -0.0798. The Morgan fingerprint density at radius 2 is 1.13 bits per heavy atom. The van der Waals surface area contributed by atoms with Gasteiger partial charge in [-0.25, -0.2) is 0 Å². The van der Waals surface area contributed by atoms with Gasteiger partial charge in [0.25, 0.3) is 0 Å². The van der Waals surface area contributed by atoms with Gasteiger partial charge in [0.2, 0.25) is 11.8 Å². The first-order valence-corrected chi connectivity index (χ1v) is 11.1. The Kier molecular flexibility index (Phi) is 7.33. The molecule has 2 atom stereocenters. The van der Waals surface area contributed by atoms with E-state index in [1.54, 1.807) is 0 Å². The van der Waals surface area contributed by atoms with E-state index in [9.17, 15) is 9.59 Å². The molecule has 2 aromatic rings. The Morgan fingerprint density at radius 1 is 0.710 bits per heavy atom. The van der Waals surface area contributed by atoms with Crippen LogP contribution in [0.5, 0.6) is 0 Å². The summed E-state index contributed by atoms with van der Waals surface area (Å²) in [6.45, 7) is 3.44. The van der Waals surface area contributed by atoms with Gasteiger partial charge >= 0.3 is 0 Å². The van der Waals surface area contributed by atoms with E-state index in [0.717, 1.165) is 11.1 Å². The predicted molar refractivity (Wildman–Crippen MR) is 117 cm³/mol. The second kappa shape index (κ2) is 10.6. The fraction of sp³-hybridized carbons (Fsp3) is 0.440. The Balaban J connectivity index is 1.22. The standard InChI is InChI=1S/C25H30N2O4/c28-24(26-14-16-30-22(18-26)20-8-3-1-4-9-20)12-7-13-25(29)27-15-17-31-23(19-27)21-10-5-2-6-11-21/h1-6,8-11,22-23H,7,12-19H2/t22-,23+. The molecule has 2 saturated heterocycles. The Morgan fingerprint density at radius 3 is 1.55 bits per heavy atom. The van der Waals surface area contributed by atoms with Crippen LogP contribution in [0.25, 0.3) is 0 Å². The molecular weight excluding hydrogens is 392 g/mol.